The molecular formula is C11H13NO. The number of hydrogen-bond acceptors (Lipinski definition) is 1. The zero-order valence-corrected chi connectivity index (χ0v) is 7.71. The smallest absolute Gasteiger partial charge is 0.0737 e. The predicted molar refractivity (Wildman–Crippen MR) is 53.6 cm³/mol. The molecule has 0 atom stereocenters. The highest BCUT2D eigenvalue weighted by molar-refractivity contribution is 5.82. The van der Waals surface area contributed by atoms with Crippen molar-refractivity contribution in [3.63, 3.8) is 0 Å². The monoisotopic (exact) mass is 175 g/mol. The Balaban J connectivity index is 2.37. The van der Waals surface area contributed by atoms with E-state index in [1.165, 1.54) is 16.5 Å². The summed E-state index contributed by atoms with van der Waals surface area (Å²) in [5, 5.41) is 1.25. The second-order valence-electron chi connectivity index (χ2n) is 3.00. The summed E-state index contributed by atoms with van der Waals surface area (Å²) < 4.78 is 5.38. The van der Waals surface area contributed by atoms with E-state index in [9.17, 15) is 0 Å². The number of hydrogen-bond donors (Lipinski definition) is 1. The minimum atomic E-state index is 0.689. The van der Waals surface area contributed by atoms with E-state index in [2.05, 4.69) is 29.2 Å². The average molecular weight is 175 g/mol. The summed E-state index contributed by atoms with van der Waals surface area (Å²) in [7, 11) is 0. The Morgan fingerprint density at radius 2 is 2.23 bits per heavy atom. The van der Waals surface area contributed by atoms with Gasteiger partial charge in [0.05, 0.1) is 12.1 Å². The number of rotatable bonds is 3. The third-order valence-corrected chi connectivity index (χ3v) is 2.14. The number of para-hydroxylation sites is 1. The van der Waals surface area contributed by atoms with E-state index < -0.39 is 0 Å². The van der Waals surface area contributed by atoms with Crippen molar-refractivity contribution in [2.24, 2.45) is 0 Å². The highest BCUT2D eigenvalue weighted by Gasteiger charge is 2.00. The summed E-state index contributed by atoms with van der Waals surface area (Å²) in [4.78, 5) is 3.22. The van der Waals surface area contributed by atoms with Crippen molar-refractivity contribution in [2.75, 3.05) is 6.61 Å². The van der Waals surface area contributed by atoms with Crippen LogP contribution in [0.4, 0.5) is 0 Å². The van der Waals surface area contributed by atoms with Crippen LogP contribution in [0.2, 0.25) is 0 Å². The van der Waals surface area contributed by atoms with Crippen molar-refractivity contribution in [1.29, 1.82) is 0 Å². The Kier molecular flexibility index (Phi) is 2.32. The van der Waals surface area contributed by atoms with Gasteiger partial charge < -0.3 is 9.72 Å². The van der Waals surface area contributed by atoms with Gasteiger partial charge >= 0.3 is 0 Å². The van der Waals surface area contributed by atoms with Gasteiger partial charge in [-0.2, -0.15) is 0 Å². The molecule has 0 fully saturated rings. The van der Waals surface area contributed by atoms with Crippen molar-refractivity contribution in [1.82, 2.24) is 4.98 Å². The third-order valence-electron chi connectivity index (χ3n) is 2.14. The zero-order chi connectivity index (χ0) is 9.10. The maximum absolute atomic E-state index is 5.38. The van der Waals surface area contributed by atoms with Crippen molar-refractivity contribution in [2.45, 2.75) is 13.5 Å². The molecule has 1 N–H and O–H groups in total. The number of H-pyrrole nitrogens is 1. The zero-order valence-electron chi connectivity index (χ0n) is 7.71. The van der Waals surface area contributed by atoms with Gasteiger partial charge in [-0.3, -0.25) is 0 Å². The molecule has 1 aromatic heterocycles. The van der Waals surface area contributed by atoms with Gasteiger partial charge in [-0.25, -0.2) is 0 Å². The summed E-state index contributed by atoms with van der Waals surface area (Å²) in [6.45, 7) is 3.46. The van der Waals surface area contributed by atoms with Crippen LogP contribution < -0.4 is 0 Å². The van der Waals surface area contributed by atoms with Crippen LogP contribution in [-0.2, 0) is 11.3 Å². The molecule has 13 heavy (non-hydrogen) atoms. The topological polar surface area (TPSA) is 25.0 Å². The van der Waals surface area contributed by atoms with Gasteiger partial charge in [0.1, 0.15) is 0 Å². The number of aromatic nitrogens is 1. The molecule has 0 spiro atoms. The van der Waals surface area contributed by atoms with E-state index in [1.54, 1.807) is 0 Å². The second-order valence-corrected chi connectivity index (χ2v) is 3.00. The highest BCUT2D eigenvalue weighted by Crippen LogP contribution is 2.17. The van der Waals surface area contributed by atoms with Crippen molar-refractivity contribution < 1.29 is 4.74 Å². The van der Waals surface area contributed by atoms with Gasteiger partial charge in [-0.1, -0.05) is 18.2 Å². The lowest BCUT2D eigenvalue weighted by molar-refractivity contribution is 0.135. The summed E-state index contributed by atoms with van der Waals surface area (Å²) in [6.07, 6.45) is 1.96. The summed E-state index contributed by atoms with van der Waals surface area (Å²) >= 11 is 0. The molecule has 68 valence electrons. The fraction of sp³-hybridized carbons (Fsp3) is 0.273. The van der Waals surface area contributed by atoms with Gasteiger partial charge in [0, 0.05) is 18.4 Å². The normalized spacial score (nSPS) is 10.8. The SMILES string of the molecule is CCOCc1cccc2cc[nH]c12. The van der Waals surface area contributed by atoms with Crippen molar-refractivity contribution in [3.8, 4) is 0 Å². The lowest BCUT2D eigenvalue weighted by Crippen LogP contribution is -1.92. The first-order valence-corrected chi connectivity index (χ1v) is 4.54. The van der Waals surface area contributed by atoms with Gasteiger partial charge in [0.15, 0.2) is 0 Å². The molecule has 0 radical (unpaired) electrons. The Labute approximate surface area is 77.5 Å². The van der Waals surface area contributed by atoms with Gasteiger partial charge in [-0.15, -0.1) is 0 Å². The molecule has 0 saturated carbocycles. The molecule has 0 aliphatic rings. The van der Waals surface area contributed by atoms with E-state index >= 15 is 0 Å². The number of benzene rings is 1. The van der Waals surface area contributed by atoms with Crippen LogP contribution in [0.1, 0.15) is 12.5 Å². The van der Waals surface area contributed by atoms with Gasteiger partial charge in [-0.05, 0) is 18.4 Å². The molecule has 0 unspecified atom stereocenters. The minimum absolute atomic E-state index is 0.689. The van der Waals surface area contributed by atoms with E-state index in [1.807, 2.05) is 13.1 Å². The molecule has 0 aliphatic heterocycles. The maximum Gasteiger partial charge on any atom is 0.0737 e. The lowest BCUT2D eigenvalue weighted by Gasteiger charge is -2.02. The molecule has 0 bridgehead atoms. The molecular weight excluding hydrogens is 162 g/mol. The fourth-order valence-corrected chi connectivity index (χ4v) is 1.48. The van der Waals surface area contributed by atoms with E-state index in [0.717, 1.165) is 6.61 Å². The summed E-state index contributed by atoms with van der Waals surface area (Å²) in [5.74, 6) is 0. The molecule has 2 aromatic rings. The van der Waals surface area contributed by atoms with Crippen LogP contribution in [0.5, 0.6) is 0 Å². The second kappa shape index (κ2) is 3.62. The average Bonchev–Trinajstić information content (AvgIpc) is 2.62. The first-order valence-electron chi connectivity index (χ1n) is 4.54. The Morgan fingerprint density at radius 1 is 1.31 bits per heavy atom. The largest absolute Gasteiger partial charge is 0.377 e. The van der Waals surface area contributed by atoms with Crippen LogP contribution in [0.25, 0.3) is 10.9 Å². The minimum Gasteiger partial charge on any atom is -0.377 e. The molecule has 1 heterocycles. The van der Waals surface area contributed by atoms with E-state index in [-0.39, 0.29) is 0 Å². The molecule has 0 amide bonds. The fourth-order valence-electron chi connectivity index (χ4n) is 1.48. The molecule has 1 aromatic carbocycles. The van der Waals surface area contributed by atoms with E-state index in [0.29, 0.717) is 6.61 Å². The van der Waals surface area contributed by atoms with Crippen molar-refractivity contribution >= 4 is 10.9 Å². The van der Waals surface area contributed by atoms with Gasteiger partial charge in [0.25, 0.3) is 0 Å². The number of fused-ring (bicyclic) bond motifs is 1. The van der Waals surface area contributed by atoms with Crippen LogP contribution in [-0.4, -0.2) is 11.6 Å². The predicted octanol–water partition coefficient (Wildman–Crippen LogP) is 2.70. The van der Waals surface area contributed by atoms with Crippen LogP contribution in [0.3, 0.4) is 0 Å². The number of ether oxygens (including phenoxy) is 1. The Bertz CT molecular complexity index is 392. The third kappa shape index (κ3) is 1.58. The first-order chi connectivity index (χ1) is 6.42. The number of nitrogens with one attached hydrogen (secondary N) is 1. The van der Waals surface area contributed by atoms with E-state index in [4.69, 9.17) is 4.74 Å². The van der Waals surface area contributed by atoms with Crippen LogP contribution in [0, 0.1) is 0 Å². The van der Waals surface area contributed by atoms with Crippen molar-refractivity contribution in [3.05, 3.63) is 36.0 Å². The van der Waals surface area contributed by atoms with Crippen LogP contribution in [0.15, 0.2) is 30.5 Å². The quantitative estimate of drug-likeness (QED) is 0.762. The number of aromatic amines is 1. The standard InChI is InChI=1S/C11H13NO/c1-2-13-8-10-5-3-4-9-6-7-12-11(9)10/h3-7,12H,2,8H2,1H3. The lowest BCUT2D eigenvalue weighted by atomic mass is 10.1. The molecule has 0 aliphatic carbocycles. The maximum atomic E-state index is 5.38. The Hall–Kier alpha value is -1.28. The molecule has 2 heteroatoms. The Morgan fingerprint density at radius 3 is 3.08 bits per heavy atom. The first kappa shape index (κ1) is 8.32. The van der Waals surface area contributed by atoms with Crippen LogP contribution >= 0.6 is 0 Å². The highest BCUT2D eigenvalue weighted by atomic mass is 16.5. The van der Waals surface area contributed by atoms with Gasteiger partial charge in [0.2, 0.25) is 0 Å². The summed E-state index contributed by atoms with van der Waals surface area (Å²) in [5.41, 5.74) is 2.42. The molecule has 2 nitrogen and oxygen atoms in total. The molecule has 2 rings (SSSR count). The summed E-state index contributed by atoms with van der Waals surface area (Å²) in [6, 6.07) is 8.32. The molecule has 0 saturated heterocycles.